The number of fused-ring (bicyclic) bond motifs is 9. The van der Waals surface area contributed by atoms with Crippen molar-refractivity contribution in [2.45, 2.75) is 0 Å². The SMILES string of the molecule is [2H]c1c([2H])c([2H])c2c(c1[2H])c1cccc(-c3cccc(-c4ccccc4)c3)c1n2-c1nc(-c2ccc3c(c2)oc2ccccc23)nc(-c2ccc3c(c2)oc2ccccc23)n1. The van der Waals surface area contributed by atoms with Gasteiger partial charge in [-0.05, 0) is 65.2 Å². The topological polar surface area (TPSA) is 69.9 Å². The van der Waals surface area contributed by atoms with Crippen LogP contribution in [0.25, 0.3) is 117 Å². The fourth-order valence-electron chi connectivity index (χ4n) is 8.15. The molecule has 12 rings (SSSR count). The smallest absolute Gasteiger partial charge is 0.238 e. The summed E-state index contributed by atoms with van der Waals surface area (Å²) in [6, 6.07) is 50.8. The van der Waals surface area contributed by atoms with Crippen molar-refractivity contribution in [1.82, 2.24) is 19.5 Å². The van der Waals surface area contributed by atoms with E-state index in [4.69, 9.17) is 26.5 Å². The molecule has 0 N–H and O–H groups in total. The highest BCUT2D eigenvalue weighted by atomic mass is 16.3. The van der Waals surface area contributed by atoms with Crippen molar-refractivity contribution in [3.63, 3.8) is 0 Å². The number of hydrogen-bond donors (Lipinski definition) is 0. The summed E-state index contributed by atoms with van der Waals surface area (Å²) >= 11 is 0. The Balaban J connectivity index is 1.17. The second-order valence-electron chi connectivity index (χ2n) is 14.1. The summed E-state index contributed by atoms with van der Waals surface area (Å²) in [6.07, 6.45) is 0. The van der Waals surface area contributed by atoms with Gasteiger partial charge in [0.25, 0.3) is 0 Å². The van der Waals surface area contributed by atoms with Gasteiger partial charge in [-0.15, -0.1) is 0 Å². The summed E-state index contributed by atoms with van der Waals surface area (Å²) in [5.41, 5.74) is 8.94. The molecule has 4 heterocycles. The molecule has 0 spiro atoms. The maximum absolute atomic E-state index is 9.38. The number of para-hydroxylation sites is 4. The molecule has 6 heteroatoms. The van der Waals surface area contributed by atoms with Gasteiger partial charge in [0.05, 0.1) is 16.5 Å². The zero-order valence-corrected chi connectivity index (χ0v) is 30.1. The third-order valence-electron chi connectivity index (χ3n) is 10.8. The van der Waals surface area contributed by atoms with Gasteiger partial charge in [0.2, 0.25) is 5.95 Å². The van der Waals surface area contributed by atoms with Crippen LogP contribution >= 0.6 is 0 Å². The minimum atomic E-state index is -0.352. The van der Waals surface area contributed by atoms with E-state index < -0.39 is 0 Å². The second-order valence-corrected chi connectivity index (χ2v) is 14.1. The molecule has 57 heavy (non-hydrogen) atoms. The summed E-state index contributed by atoms with van der Waals surface area (Å²) in [4.78, 5) is 15.4. The van der Waals surface area contributed by atoms with Gasteiger partial charge in [-0.25, -0.2) is 4.98 Å². The second kappa shape index (κ2) is 12.3. The monoisotopic (exact) mass is 734 g/mol. The first kappa shape index (κ1) is 27.7. The summed E-state index contributed by atoms with van der Waals surface area (Å²) in [6.45, 7) is 0. The molecular weight excluding hydrogens is 701 g/mol. The molecule has 0 bridgehead atoms. The standard InChI is InChI=1S/C51H30N4O2/c1-2-12-31(13-3-1)32-14-10-15-33(28-32)36-19-11-20-42-37-16-4-7-21-43(37)55(48(36)42)51-53-49(34-24-26-40-38-17-5-8-22-44(38)56-46(40)29-34)52-50(54-51)35-25-27-41-39-18-6-9-23-45(39)57-47(41)30-35/h1-30H/i4D,7D,16D,21D. The van der Waals surface area contributed by atoms with E-state index >= 15 is 0 Å². The third-order valence-corrected chi connectivity index (χ3v) is 10.8. The van der Waals surface area contributed by atoms with Gasteiger partial charge in [-0.1, -0.05) is 133 Å². The van der Waals surface area contributed by atoms with Gasteiger partial charge in [-0.3, -0.25) is 4.57 Å². The molecule has 0 atom stereocenters. The largest absolute Gasteiger partial charge is 0.456 e. The van der Waals surface area contributed by atoms with E-state index in [-0.39, 0.29) is 35.6 Å². The van der Waals surface area contributed by atoms with Crippen molar-refractivity contribution in [3.05, 3.63) is 182 Å². The minimum Gasteiger partial charge on any atom is -0.456 e. The quantitative estimate of drug-likeness (QED) is 0.176. The molecule has 0 radical (unpaired) electrons. The van der Waals surface area contributed by atoms with Crippen molar-refractivity contribution in [2.75, 3.05) is 0 Å². The predicted molar refractivity (Wildman–Crippen MR) is 230 cm³/mol. The molecule has 0 fully saturated rings. The Hall–Kier alpha value is -7.83. The van der Waals surface area contributed by atoms with Crippen LogP contribution in [0.2, 0.25) is 0 Å². The molecule has 0 aliphatic heterocycles. The number of hydrogen-bond acceptors (Lipinski definition) is 5. The third kappa shape index (κ3) is 5.01. The fraction of sp³-hybridized carbons (Fsp3) is 0. The maximum atomic E-state index is 9.38. The number of rotatable bonds is 5. The van der Waals surface area contributed by atoms with Crippen molar-refractivity contribution >= 4 is 65.7 Å². The molecule has 0 saturated carbocycles. The van der Waals surface area contributed by atoms with E-state index in [1.165, 1.54) is 0 Å². The highest BCUT2D eigenvalue weighted by molar-refractivity contribution is 6.14. The van der Waals surface area contributed by atoms with Crippen LogP contribution in [0, 0.1) is 0 Å². The first-order valence-corrected chi connectivity index (χ1v) is 18.7. The molecule has 4 aromatic heterocycles. The van der Waals surface area contributed by atoms with E-state index in [0.29, 0.717) is 50.2 Å². The Morgan fingerprint density at radius 1 is 0.404 bits per heavy atom. The average Bonchev–Trinajstić information content (AvgIpc) is 3.99. The fourth-order valence-corrected chi connectivity index (χ4v) is 8.15. The van der Waals surface area contributed by atoms with E-state index in [1.54, 1.807) is 4.57 Å². The lowest BCUT2D eigenvalue weighted by Gasteiger charge is -2.13. The number of aromatic nitrogens is 4. The first-order chi connectivity index (χ1) is 29.9. The molecule has 8 aromatic carbocycles. The zero-order chi connectivity index (χ0) is 40.9. The first-order valence-electron chi connectivity index (χ1n) is 20.7. The van der Waals surface area contributed by atoms with Crippen LogP contribution in [-0.2, 0) is 0 Å². The van der Waals surface area contributed by atoms with Crippen molar-refractivity contribution < 1.29 is 14.3 Å². The zero-order valence-electron chi connectivity index (χ0n) is 34.1. The highest BCUT2D eigenvalue weighted by Gasteiger charge is 2.22. The van der Waals surface area contributed by atoms with Gasteiger partial charge in [-0.2, -0.15) is 9.97 Å². The van der Waals surface area contributed by atoms with E-state index in [9.17, 15) is 2.74 Å². The van der Waals surface area contributed by atoms with Crippen LogP contribution in [-0.4, -0.2) is 19.5 Å². The Bertz CT molecular complexity index is 3650. The van der Waals surface area contributed by atoms with Crippen LogP contribution < -0.4 is 0 Å². The maximum Gasteiger partial charge on any atom is 0.238 e. The van der Waals surface area contributed by atoms with Gasteiger partial charge in [0.15, 0.2) is 11.6 Å². The summed E-state index contributed by atoms with van der Waals surface area (Å²) in [7, 11) is 0. The van der Waals surface area contributed by atoms with E-state index in [1.807, 2.05) is 133 Å². The average molecular weight is 735 g/mol. The molecule has 0 aliphatic rings. The minimum absolute atomic E-state index is 0.143. The van der Waals surface area contributed by atoms with Crippen LogP contribution in [0.15, 0.2) is 191 Å². The lowest BCUT2D eigenvalue weighted by Crippen LogP contribution is -2.07. The van der Waals surface area contributed by atoms with Crippen LogP contribution in [0.4, 0.5) is 0 Å². The highest BCUT2D eigenvalue weighted by Crippen LogP contribution is 2.40. The van der Waals surface area contributed by atoms with Gasteiger partial charge >= 0.3 is 0 Å². The summed E-state index contributed by atoms with van der Waals surface area (Å²) in [5.74, 6) is 0.893. The van der Waals surface area contributed by atoms with Crippen molar-refractivity contribution in [3.8, 4) is 51.0 Å². The van der Waals surface area contributed by atoms with Crippen LogP contribution in [0.3, 0.4) is 0 Å². The van der Waals surface area contributed by atoms with Crippen LogP contribution in [0.1, 0.15) is 5.48 Å². The lowest BCUT2D eigenvalue weighted by molar-refractivity contribution is 0.668. The van der Waals surface area contributed by atoms with E-state index in [2.05, 4.69) is 24.3 Å². The Morgan fingerprint density at radius 3 is 1.67 bits per heavy atom. The molecule has 12 aromatic rings. The van der Waals surface area contributed by atoms with Crippen molar-refractivity contribution in [2.24, 2.45) is 0 Å². The van der Waals surface area contributed by atoms with Crippen LogP contribution in [0.5, 0.6) is 0 Å². The normalized spacial score (nSPS) is 12.8. The molecule has 0 saturated heterocycles. The predicted octanol–water partition coefficient (Wildman–Crippen LogP) is 13.4. The molecule has 0 aliphatic carbocycles. The van der Waals surface area contributed by atoms with Gasteiger partial charge < -0.3 is 8.83 Å². The lowest BCUT2D eigenvalue weighted by atomic mass is 9.97. The van der Waals surface area contributed by atoms with Crippen molar-refractivity contribution in [1.29, 1.82) is 0 Å². The molecule has 0 unspecified atom stereocenters. The molecular formula is C51H30N4O2. The summed E-state index contributed by atoms with van der Waals surface area (Å²) < 4.78 is 50.6. The Morgan fingerprint density at radius 2 is 0.965 bits per heavy atom. The molecule has 266 valence electrons. The Kier molecular flexibility index (Phi) is 6.00. The number of nitrogens with zero attached hydrogens (tertiary/aromatic N) is 4. The summed E-state index contributed by atoms with van der Waals surface area (Å²) in [5, 5.41) is 4.94. The molecule has 0 amide bonds. The number of benzene rings is 8. The number of furan rings is 2. The Labute approximate surface area is 331 Å². The van der Waals surface area contributed by atoms with Gasteiger partial charge in [0, 0.05) is 49.0 Å². The van der Waals surface area contributed by atoms with Gasteiger partial charge in [0.1, 0.15) is 22.3 Å². The van der Waals surface area contributed by atoms with E-state index in [0.717, 1.165) is 55.0 Å². The molecule has 6 nitrogen and oxygen atoms in total.